The van der Waals surface area contributed by atoms with E-state index in [2.05, 4.69) is 29.8 Å². The number of halogens is 1. The summed E-state index contributed by atoms with van der Waals surface area (Å²) in [5.74, 6) is 0.378. The lowest BCUT2D eigenvalue weighted by Crippen LogP contribution is -2.34. The van der Waals surface area contributed by atoms with Gasteiger partial charge in [0.15, 0.2) is 0 Å². The zero-order valence-corrected chi connectivity index (χ0v) is 13.5. The third-order valence-electron chi connectivity index (χ3n) is 2.72. The zero-order valence-electron chi connectivity index (χ0n) is 10.3. The molecule has 1 aromatic heterocycles. The first-order chi connectivity index (χ1) is 7.93. The molecule has 0 saturated heterocycles. The summed E-state index contributed by atoms with van der Waals surface area (Å²) < 4.78 is 27.4. The van der Waals surface area contributed by atoms with Gasteiger partial charge < -0.3 is 0 Å². The minimum atomic E-state index is -3.34. The summed E-state index contributed by atoms with van der Waals surface area (Å²) >= 11 is 4.55. The fraction of sp³-hybridized carbons (Fsp3) is 0.636. The van der Waals surface area contributed by atoms with Gasteiger partial charge in [-0.25, -0.2) is 8.42 Å². The molecule has 1 heterocycles. The monoisotopic (exact) mass is 339 g/mol. The number of nitrogens with zero attached hydrogens (tertiary/aromatic N) is 1. The predicted octanol–water partition coefficient (Wildman–Crippen LogP) is 3.57. The second-order valence-corrected chi connectivity index (χ2v) is 7.93. The van der Waals surface area contributed by atoms with Gasteiger partial charge in [0, 0.05) is 17.6 Å². The highest BCUT2D eigenvalue weighted by atomic mass is 79.9. The van der Waals surface area contributed by atoms with Crippen LogP contribution in [0.1, 0.15) is 27.2 Å². The first-order valence-electron chi connectivity index (χ1n) is 5.66. The zero-order chi connectivity index (χ0) is 13.1. The van der Waals surface area contributed by atoms with Crippen molar-refractivity contribution in [1.82, 2.24) is 4.31 Å². The van der Waals surface area contributed by atoms with Gasteiger partial charge in [-0.2, -0.15) is 4.31 Å². The van der Waals surface area contributed by atoms with Gasteiger partial charge in [-0.1, -0.05) is 27.2 Å². The highest BCUT2D eigenvalue weighted by Crippen LogP contribution is 2.30. The van der Waals surface area contributed by atoms with Crippen LogP contribution in [-0.2, 0) is 10.0 Å². The van der Waals surface area contributed by atoms with Crippen molar-refractivity contribution in [3.05, 3.63) is 15.9 Å². The van der Waals surface area contributed by atoms with Crippen molar-refractivity contribution in [3.63, 3.8) is 0 Å². The molecule has 3 nitrogen and oxygen atoms in total. The Balaban J connectivity index is 2.99. The summed E-state index contributed by atoms with van der Waals surface area (Å²) in [6.07, 6.45) is 0.984. The van der Waals surface area contributed by atoms with Crippen molar-refractivity contribution in [2.75, 3.05) is 13.1 Å². The van der Waals surface area contributed by atoms with Crippen molar-refractivity contribution in [2.45, 2.75) is 31.4 Å². The Hall–Kier alpha value is 0.0900. The molecule has 0 aliphatic carbocycles. The molecule has 0 aliphatic rings. The first kappa shape index (κ1) is 15.1. The summed E-state index contributed by atoms with van der Waals surface area (Å²) in [6.45, 7) is 7.12. The molecule has 0 N–H and O–H groups in total. The van der Waals surface area contributed by atoms with Crippen LogP contribution < -0.4 is 0 Å². The van der Waals surface area contributed by atoms with Gasteiger partial charge in [-0.15, -0.1) is 11.3 Å². The van der Waals surface area contributed by atoms with Gasteiger partial charge in [0.2, 0.25) is 0 Å². The molecule has 0 fully saturated rings. The lowest BCUT2D eigenvalue weighted by atomic mass is 10.1. The fourth-order valence-electron chi connectivity index (χ4n) is 1.46. The third kappa shape index (κ3) is 3.53. The molecular formula is C11H18BrNO2S2. The molecule has 1 atom stereocenters. The molecule has 0 bridgehead atoms. The van der Waals surface area contributed by atoms with Crippen LogP contribution in [-0.4, -0.2) is 25.8 Å². The number of rotatable bonds is 6. The average Bonchev–Trinajstić information content (AvgIpc) is 2.72. The maximum Gasteiger partial charge on any atom is 0.253 e. The summed E-state index contributed by atoms with van der Waals surface area (Å²) in [6, 6.07) is 1.77. The fourth-order valence-corrected chi connectivity index (χ4v) is 5.47. The number of hydrogen-bond donors (Lipinski definition) is 0. The van der Waals surface area contributed by atoms with Crippen molar-refractivity contribution >= 4 is 37.3 Å². The van der Waals surface area contributed by atoms with Crippen LogP contribution in [0.3, 0.4) is 0 Å². The van der Waals surface area contributed by atoms with Gasteiger partial charge in [0.25, 0.3) is 10.0 Å². The van der Waals surface area contributed by atoms with E-state index in [0.717, 1.165) is 6.42 Å². The predicted molar refractivity (Wildman–Crippen MR) is 75.9 cm³/mol. The van der Waals surface area contributed by atoms with Crippen LogP contribution in [0.2, 0.25) is 0 Å². The molecule has 0 aliphatic heterocycles. The second kappa shape index (κ2) is 6.31. The Kier molecular flexibility index (Phi) is 5.63. The molecule has 98 valence electrons. The Labute approximate surface area is 116 Å². The van der Waals surface area contributed by atoms with E-state index in [-0.39, 0.29) is 0 Å². The molecule has 17 heavy (non-hydrogen) atoms. The van der Waals surface area contributed by atoms with Crippen LogP contribution in [0.5, 0.6) is 0 Å². The van der Waals surface area contributed by atoms with Gasteiger partial charge >= 0.3 is 0 Å². The topological polar surface area (TPSA) is 37.4 Å². The van der Waals surface area contributed by atoms with Crippen molar-refractivity contribution in [1.29, 1.82) is 0 Å². The first-order valence-corrected chi connectivity index (χ1v) is 8.77. The van der Waals surface area contributed by atoms with Crippen LogP contribution in [0, 0.1) is 5.92 Å². The van der Waals surface area contributed by atoms with E-state index in [9.17, 15) is 8.42 Å². The standard InChI is InChI=1S/C11H18BrNO2S2/c1-4-9(3)8-13(5-2)17(14,15)11-10(12)6-7-16-11/h6-7,9H,4-5,8H2,1-3H3. The SMILES string of the molecule is CCC(C)CN(CC)S(=O)(=O)c1sccc1Br. The van der Waals surface area contributed by atoms with Gasteiger partial charge in [-0.05, 0) is 33.3 Å². The molecule has 6 heteroatoms. The quantitative estimate of drug-likeness (QED) is 0.794. The van der Waals surface area contributed by atoms with Crippen LogP contribution >= 0.6 is 27.3 Å². The summed E-state index contributed by atoms with van der Waals surface area (Å²) in [5.41, 5.74) is 0. The summed E-state index contributed by atoms with van der Waals surface area (Å²) in [5, 5.41) is 1.79. The second-order valence-electron chi connectivity index (χ2n) is 4.03. The molecule has 0 amide bonds. The average molecular weight is 340 g/mol. The van der Waals surface area contributed by atoms with E-state index < -0.39 is 10.0 Å². The van der Waals surface area contributed by atoms with Crippen LogP contribution in [0.4, 0.5) is 0 Å². The van der Waals surface area contributed by atoms with Crippen LogP contribution in [0.25, 0.3) is 0 Å². The highest BCUT2D eigenvalue weighted by Gasteiger charge is 2.27. The van der Waals surface area contributed by atoms with Crippen molar-refractivity contribution < 1.29 is 8.42 Å². The number of thiophene rings is 1. The molecule has 0 saturated carbocycles. The minimum Gasteiger partial charge on any atom is -0.206 e. The van der Waals surface area contributed by atoms with Gasteiger partial charge in [-0.3, -0.25) is 0 Å². The molecule has 0 aromatic carbocycles. The maximum absolute atomic E-state index is 12.4. The normalized spacial score (nSPS) is 14.2. The smallest absolute Gasteiger partial charge is 0.206 e. The van der Waals surface area contributed by atoms with E-state index in [1.54, 1.807) is 15.8 Å². The van der Waals surface area contributed by atoms with Crippen molar-refractivity contribution in [2.24, 2.45) is 5.92 Å². The van der Waals surface area contributed by atoms with E-state index in [4.69, 9.17) is 0 Å². The van der Waals surface area contributed by atoms with E-state index in [1.165, 1.54) is 11.3 Å². The Bertz CT molecular complexity index is 456. The minimum absolute atomic E-state index is 0.378. The molecule has 0 radical (unpaired) electrons. The lowest BCUT2D eigenvalue weighted by molar-refractivity contribution is 0.362. The third-order valence-corrected chi connectivity index (χ3v) is 7.31. The molecule has 1 aromatic rings. The van der Waals surface area contributed by atoms with Crippen LogP contribution in [0.15, 0.2) is 20.1 Å². The summed E-state index contributed by atoms with van der Waals surface area (Å²) in [7, 11) is -3.34. The van der Waals surface area contributed by atoms with Crippen molar-refractivity contribution in [3.8, 4) is 0 Å². The molecular weight excluding hydrogens is 322 g/mol. The van der Waals surface area contributed by atoms with E-state index in [0.29, 0.717) is 27.7 Å². The van der Waals surface area contributed by atoms with E-state index >= 15 is 0 Å². The Morgan fingerprint density at radius 3 is 2.53 bits per heavy atom. The summed E-state index contributed by atoms with van der Waals surface area (Å²) in [4.78, 5) is 0. The van der Waals surface area contributed by atoms with Gasteiger partial charge in [0.05, 0.1) is 0 Å². The van der Waals surface area contributed by atoms with Gasteiger partial charge in [0.1, 0.15) is 4.21 Å². The number of hydrogen-bond acceptors (Lipinski definition) is 3. The molecule has 1 rings (SSSR count). The lowest BCUT2D eigenvalue weighted by Gasteiger charge is -2.22. The molecule has 0 spiro atoms. The number of sulfonamides is 1. The molecule has 1 unspecified atom stereocenters. The highest BCUT2D eigenvalue weighted by molar-refractivity contribution is 9.10. The maximum atomic E-state index is 12.4. The Morgan fingerprint density at radius 1 is 1.47 bits per heavy atom. The largest absolute Gasteiger partial charge is 0.253 e. The van der Waals surface area contributed by atoms with E-state index in [1.807, 2.05) is 6.92 Å². The Morgan fingerprint density at radius 2 is 2.12 bits per heavy atom.